The smallest absolute Gasteiger partial charge is 0.234 e. The van der Waals surface area contributed by atoms with Crippen LogP contribution in [0.2, 0.25) is 0 Å². The first-order valence-electron chi connectivity index (χ1n) is 6.91. The number of hydrogen-bond donors (Lipinski definition) is 0. The van der Waals surface area contributed by atoms with E-state index in [-0.39, 0.29) is 10.1 Å². The van der Waals surface area contributed by atoms with Crippen LogP contribution < -0.4 is 4.90 Å². The van der Waals surface area contributed by atoms with E-state index in [0.29, 0.717) is 0 Å². The van der Waals surface area contributed by atoms with Gasteiger partial charge in [-0.2, -0.15) is 0 Å². The van der Waals surface area contributed by atoms with Crippen LogP contribution in [0.15, 0.2) is 28.6 Å². The first kappa shape index (κ1) is 14.5. The molecule has 0 aliphatic carbocycles. The lowest BCUT2D eigenvalue weighted by Gasteiger charge is -2.10. The third-order valence-electron chi connectivity index (χ3n) is 3.48. The zero-order chi connectivity index (χ0) is 14.9. The second-order valence-electron chi connectivity index (χ2n) is 5.29. The van der Waals surface area contributed by atoms with Gasteiger partial charge in [0.2, 0.25) is 19.3 Å². The third-order valence-corrected chi connectivity index (χ3v) is 6.60. The molecule has 0 amide bonds. The molecular weight excluding hydrogens is 306 g/mol. The highest BCUT2D eigenvalue weighted by atomic mass is 32.2. The molecule has 3 rings (SSSR count). The maximum atomic E-state index is 12.4. The van der Waals surface area contributed by atoms with Gasteiger partial charge in [0, 0.05) is 13.1 Å². The van der Waals surface area contributed by atoms with Gasteiger partial charge in [-0.3, -0.25) is 0 Å². The van der Waals surface area contributed by atoms with Gasteiger partial charge in [0.25, 0.3) is 0 Å². The number of aryl methyl sites for hydroxylation is 1. The largest absolute Gasteiger partial charge is 0.347 e. The van der Waals surface area contributed by atoms with Gasteiger partial charge in [-0.25, -0.2) is 8.42 Å². The molecular formula is C14H17N3O2S2. The van der Waals surface area contributed by atoms with Crippen molar-refractivity contribution in [2.45, 2.75) is 29.9 Å². The Kier molecular flexibility index (Phi) is 3.95. The molecule has 0 N–H and O–H groups in total. The minimum Gasteiger partial charge on any atom is -0.347 e. The summed E-state index contributed by atoms with van der Waals surface area (Å²) in [5.74, 6) is -0.0245. The van der Waals surface area contributed by atoms with Crippen LogP contribution in [0.25, 0.3) is 0 Å². The van der Waals surface area contributed by atoms with Crippen LogP contribution in [0.5, 0.6) is 0 Å². The molecule has 0 radical (unpaired) electrons. The van der Waals surface area contributed by atoms with Gasteiger partial charge in [-0.05, 0) is 25.3 Å². The highest BCUT2D eigenvalue weighted by molar-refractivity contribution is 7.92. The highest BCUT2D eigenvalue weighted by Crippen LogP contribution is 2.28. The van der Waals surface area contributed by atoms with E-state index in [1.165, 1.54) is 11.3 Å². The standard InChI is InChI=1S/C14H17N3O2S2/c1-11-5-4-6-12(9-11)10-21(18,19)14-16-15-13(20-14)17-7-2-3-8-17/h4-6,9H,2-3,7-8,10H2,1H3. The van der Waals surface area contributed by atoms with Crippen molar-refractivity contribution in [1.29, 1.82) is 0 Å². The summed E-state index contributed by atoms with van der Waals surface area (Å²) in [7, 11) is -3.42. The lowest BCUT2D eigenvalue weighted by molar-refractivity contribution is 0.593. The van der Waals surface area contributed by atoms with Crippen molar-refractivity contribution < 1.29 is 8.42 Å². The molecule has 0 spiro atoms. The van der Waals surface area contributed by atoms with Crippen LogP contribution in [0.4, 0.5) is 5.13 Å². The van der Waals surface area contributed by atoms with Gasteiger partial charge in [-0.15, -0.1) is 10.2 Å². The minimum atomic E-state index is -3.42. The Labute approximate surface area is 128 Å². The number of benzene rings is 1. The summed E-state index contributed by atoms with van der Waals surface area (Å²) >= 11 is 1.18. The molecule has 0 atom stereocenters. The number of sulfone groups is 1. The lowest BCUT2D eigenvalue weighted by Crippen LogP contribution is -2.17. The Morgan fingerprint density at radius 2 is 2.00 bits per heavy atom. The molecule has 21 heavy (non-hydrogen) atoms. The second kappa shape index (κ2) is 5.73. The Balaban J connectivity index is 1.81. The quantitative estimate of drug-likeness (QED) is 0.864. The van der Waals surface area contributed by atoms with Gasteiger partial charge >= 0.3 is 0 Å². The van der Waals surface area contributed by atoms with Gasteiger partial charge in [0.1, 0.15) is 0 Å². The zero-order valence-corrected chi connectivity index (χ0v) is 13.5. The van der Waals surface area contributed by atoms with Crippen molar-refractivity contribution in [3.05, 3.63) is 35.4 Å². The summed E-state index contributed by atoms with van der Waals surface area (Å²) < 4.78 is 25.0. The molecule has 0 unspecified atom stereocenters. The van der Waals surface area contributed by atoms with Crippen LogP contribution in [0.3, 0.4) is 0 Å². The molecule has 0 saturated carbocycles. The highest BCUT2D eigenvalue weighted by Gasteiger charge is 2.24. The van der Waals surface area contributed by atoms with Crippen molar-refractivity contribution in [3.63, 3.8) is 0 Å². The Morgan fingerprint density at radius 3 is 2.71 bits per heavy atom. The average Bonchev–Trinajstić information content (AvgIpc) is 3.10. The van der Waals surface area contributed by atoms with Gasteiger partial charge in [0.15, 0.2) is 0 Å². The molecule has 0 bridgehead atoms. The number of anilines is 1. The molecule has 112 valence electrons. The fraction of sp³-hybridized carbons (Fsp3) is 0.429. The third kappa shape index (κ3) is 3.24. The van der Waals surface area contributed by atoms with Crippen LogP contribution in [0, 0.1) is 6.92 Å². The molecule has 1 fully saturated rings. The van der Waals surface area contributed by atoms with E-state index in [2.05, 4.69) is 15.1 Å². The molecule has 2 aromatic rings. The topological polar surface area (TPSA) is 63.2 Å². The molecule has 1 aliphatic rings. The summed E-state index contributed by atoms with van der Waals surface area (Å²) in [6, 6.07) is 7.54. The van der Waals surface area contributed by atoms with Crippen LogP contribution in [0.1, 0.15) is 24.0 Å². The number of rotatable bonds is 4. The van der Waals surface area contributed by atoms with Crippen molar-refractivity contribution in [3.8, 4) is 0 Å². The summed E-state index contributed by atoms with van der Waals surface area (Å²) in [6.45, 7) is 3.83. The molecule has 2 heterocycles. The Morgan fingerprint density at radius 1 is 1.24 bits per heavy atom. The van der Waals surface area contributed by atoms with Crippen LogP contribution >= 0.6 is 11.3 Å². The van der Waals surface area contributed by atoms with E-state index >= 15 is 0 Å². The van der Waals surface area contributed by atoms with E-state index in [0.717, 1.165) is 42.2 Å². The number of hydrogen-bond acceptors (Lipinski definition) is 6. The normalized spacial score (nSPS) is 15.6. The second-order valence-corrected chi connectivity index (χ2v) is 8.41. The monoisotopic (exact) mass is 323 g/mol. The number of aromatic nitrogens is 2. The molecule has 1 aromatic carbocycles. The molecule has 1 aromatic heterocycles. The van der Waals surface area contributed by atoms with Gasteiger partial charge < -0.3 is 4.90 Å². The van der Waals surface area contributed by atoms with E-state index < -0.39 is 9.84 Å². The summed E-state index contributed by atoms with van der Waals surface area (Å²) in [4.78, 5) is 2.10. The SMILES string of the molecule is Cc1cccc(CS(=O)(=O)c2nnc(N3CCCC3)s2)c1. The summed E-state index contributed by atoms with van der Waals surface area (Å²) in [6.07, 6.45) is 2.26. The first-order chi connectivity index (χ1) is 10.0. The van der Waals surface area contributed by atoms with E-state index in [1.54, 1.807) is 0 Å². The van der Waals surface area contributed by atoms with Crippen molar-refractivity contribution in [2.24, 2.45) is 0 Å². The van der Waals surface area contributed by atoms with Crippen molar-refractivity contribution in [2.75, 3.05) is 18.0 Å². The average molecular weight is 323 g/mol. The Bertz CT molecular complexity index is 734. The minimum absolute atomic E-state index is 0.0245. The fourth-order valence-electron chi connectivity index (χ4n) is 2.45. The maximum absolute atomic E-state index is 12.4. The molecule has 7 heteroatoms. The number of nitrogens with zero attached hydrogens (tertiary/aromatic N) is 3. The van der Waals surface area contributed by atoms with Crippen LogP contribution in [-0.4, -0.2) is 31.7 Å². The van der Waals surface area contributed by atoms with Gasteiger partial charge in [-0.1, -0.05) is 41.2 Å². The summed E-state index contributed by atoms with van der Waals surface area (Å²) in [5.41, 5.74) is 1.84. The van der Waals surface area contributed by atoms with Crippen LogP contribution in [-0.2, 0) is 15.6 Å². The molecule has 5 nitrogen and oxygen atoms in total. The maximum Gasteiger partial charge on any atom is 0.234 e. The predicted octanol–water partition coefficient (Wildman–Crippen LogP) is 2.42. The van der Waals surface area contributed by atoms with E-state index in [9.17, 15) is 8.42 Å². The van der Waals surface area contributed by atoms with E-state index in [1.807, 2.05) is 31.2 Å². The summed E-state index contributed by atoms with van der Waals surface area (Å²) in [5, 5.41) is 8.65. The molecule has 1 aliphatic heterocycles. The first-order valence-corrected chi connectivity index (χ1v) is 9.38. The van der Waals surface area contributed by atoms with Crippen molar-refractivity contribution in [1.82, 2.24) is 10.2 Å². The lowest BCUT2D eigenvalue weighted by atomic mass is 10.2. The fourth-order valence-corrected chi connectivity index (χ4v) is 4.89. The zero-order valence-electron chi connectivity index (χ0n) is 11.8. The predicted molar refractivity (Wildman–Crippen MR) is 83.4 cm³/mol. The van der Waals surface area contributed by atoms with Crippen molar-refractivity contribution >= 4 is 26.3 Å². The Hall–Kier alpha value is -1.47. The van der Waals surface area contributed by atoms with Gasteiger partial charge in [0.05, 0.1) is 5.75 Å². The molecule has 1 saturated heterocycles. The van der Waals surface area contributed by atoms with E-state index in [4.69, 9.17) is 0 Å².